The fourth-order valence-corrected chi connectivity index (χ4v) is 1.23. The van der Waals surface area contributed by atoms with Gasteiger partial charge in [-0.3, -0.25) is 4.98 Å². The molecule has 6 nitrogen and oxygen atoms in total. The molecule has 94 valence electrons. The van der Waals surface area contributed by atoms with Crippen molar-refractivity contribution in [1.29, 1.82) is 0 Å². The van der Waals surface area contributed by atoms with E-state index in [1.807, 2.05) is 0 Å². The molecule has 1 aromatic heterocycles. The Morgan fingerprint density at radius 1 is 1.47 bits per heavy atom. The number of esters is 1. The van der Waals surface area contributed by atoms with E-state index < -0.39 is 6.04 Å². The molecule has 17 heavy (non-hydrogen) atoms. The van der Waals surface area contributed by atoms with E-state index in [2.05, 4.69) is 32.3 Å². The van der Waals surface area contributed by atoms with Crippen LogP contribution in [0.1, 0.15) is 20.3 Å². The Morgan fingerprint density at radius 3 is 2.82 bits per heavy atom. The largest absolute Gasteiger partial charge is 0.467 e. The summed E-state index contributed by atoms with van der Waals surface area (Å²) in [6.45, 7) is 4.62. The summed E-state index contributed by atoms with van der Waals surface area (Å²) in [6, 6.07) is -0.448. The zero-order valence-corrected chi connectivity index (χ0v) is 10.4. The number of aromatic nitrogens is 2. The van der Waals surface area contributed by atoms with Crippen molar-refractivity contribution >= 4 is 17.6 Å². The van der Waals surface area contributed by atoms with Crippen LogP contribution >= 0.6 is 0 Å². The molecule has 1 rings (SSSR count). The van der Waals surface area contributed by atoms with Crippen LogP contribution in [0.2, 0.25) is 0 Å². The minimum absolute atomic E-state index is 0.335. The Balaban J connectivity index is 2.62. The molecule has 0 aliphatic heterocycles. The molecule has 1 aromatic rings. The van der Waals surface area contributed by atoms with E-state index in [9.17, 15) is 4.79 Å². The SMILES string of the molecule is CCCNc1cncc(NC(C)C(=O)OC)n1. The van der Waals surface area contributed by atoms with Gasteiger partial charge in [0.15, 0.2) is 0 Å². The van der Waals surface area contributed by atoms with Crippen LogP contribution in [-0.2, 0) is 9.53 Å². The van der Waals surface area contributed by atoms with E-state index in [0.717, 1.165) is 13.0 Å². The lowest BCUT2D eigenvalue weighted by molar-refractivity contribution is -0.141. The molecule has 0 aromatic carbocycles. The lowest BCUT2D eigenvalue weighted by Gasteiger charge is -2.12. The molecule has 0 bridgehead atoms. The first kappa shape index (κ1) is 13.2. The number of nitrogens with one attached hydrogen (secondary N) is 2. The van der Waals surface area contributed by atoms with Crippen molar-refractivity contribution in [3.63, 3.8) is 0 Å². The number of ether oxygens (including phenoxy) is 1. The topological polar surface area (TPSA) is 76.1 Å². The van der Waals surface area contributed by atoms with Crippen molar-refractivity contribution in [3.8, 4) is 0 Å². The lowest BCUT2D eigenvalue weighted by Crippen LogP contribution is -2.27. The summed E-state index contributed by atoms with van der Waals surface area (Å²) in [5, 5.41) is 6.04. The third-order valence-corrected chi connectivity index (χ3v) is 2.11. The van der Waals surface area contributed by atoms with Gasteiger partial charge in [-0.15, -0.1) is 0 Å². The van der Waals surface area contributed by atoms with Crippen LogP contribution in [0.15, 0.2) is 12.4 Å². The summed E-state index contributed by atoms with van der Waals surface area (Å²) in [5.74, 6) is 0.900. The number of rotatable bonds is 6. The van der Waals surface area contributed by atoms with Gasteiger partial charge in [-0.25, -0.2) is 9.78 Å². The Morgan fingerprint density at radius 2 is 2.18 bits per heavy atom. The monoisotopic (exact) mass is 238 g/mol. The van der Waals surface area contributed by atoms with Crippen LogP contribution in [0.5, 0.6) is 0 Å². The minimum Gasteiger partial charge on any atom is -0.467 e. The maximum absolute atomic E-state index is 11.2. The van der Waals surface area contributed by atoms with Crippen molar-refractivity contribution in [2.45, 2.75) is 26.3 Å². The molecule has 0 saturated carbocycles. The second kappa shape index (κ2) is 6.67. The van der Waals surface area contributed by atoms with Crippen LogP contribution < -0.4 is 10.6 Å². The van der Waals surface area contributed by atoms with Gasteiger partial charge < -0.3 is 15.4 Å². The molecule has 0 aliphatic rings. The predicted molar refractivity (Wildman–Crippen MR) is 65.9 cm³/mol. The molecule has 1 heterocycles. The van der Waals surface area contributed by atoms with Crippen molar-refractivity contribution < 1.29 is 9.53 Å². The van der Waals surface area contributed by atoms with E-state index in [0.29, 0.717) is 11.6 Å². The first-order valence-corrected chi connectivity index (χ1v) is 5.57. The van der Waals surface area contributed by atoms with Crippen LogP contribution in [0.3, 0.4) is 0 Å². The van der Waals surface area contributed by atoms with Gasteiger partial charge in [-0.1, -0.05) is 6.92 Å². The van der Waals surface area contributed by atoms with Gasteiger partial charge in [0.05, 0.1) is 19.5 Å². The van der Waals surface area contributed by atoms with Gasteiger partial charge in [0.1, 0.15) is 17.7 Å². The van der Waals surface area contributed by atoms with E-state index in [4.69, 9.17) is 0 Å². The smallest absolute Gasteiger partial charge is 0.328 e. The third-order valence-electron chi connectivity index (χ3n) is 2.11. The second-order valence-corrected chi connectivity index (χ2v) is 3.61. The second-order valence-electron chi connectivity index (χ2n) is 3.61. The summed E-state index contributed by atoms with van der Waals surface area (Å²) in [6.07, 6.45) is 4.22. The zero-order chi connectivity index (χ0) is 12.7. The van der Waals surface area contributed by atoms with Gasteiger partial charge in [0, 0.05) is 6.54 Å². The van der Waals surface area contributed by atoms with Crippen LogP contribution in [-0.4, -0.2) is 35.6 Å². The summed E-state index contributed by atoms with van der Waals surface area (Å²) < 4.78 is 4.61. The van der Waals surface area contributed by atoms with E-state index in [1.54, 1.807) is 19.3 Å². The summed E-state index contributed by atoms with van der Waals surface area (Å²) in [5.41, 5.74) is 0. The van der Waals surface area contributed by atoms with Crippen molar-refractivity contribution in [1.82, 2.24) is 9.97 Å². The first-order chi connectivity index (χ1) is 8.17. The summed E-state index contributed by atoms with van der Waals surface area (Å²) in [7, 11) is 1.35. The zero-order valence-electron chi connectivity index (χ0n) is 10.4. The quantitative estimate of drug-likeness (QED) is 0.727. The van der Waals surface area contributed by atoms with E-state index in [-0.39, 0.29) is 5.97 Å². The predicted octanol–water partition coefficient (Wildman–Crippen LogP) is 1.27. The molecule has 0 amide bonds. The standard InChI is InChI=1S/C11H18N4O2/c1-4-5-13-9-6-12-7-10(15-9)14-8(2)11(16)17-3/h6-8H,4-5H2,1-3H3,(H2,13,14,15). The van der Waals surface area contributed by atoms with Crippen LogP contribution in [0.4, 0.5) is 11.6 Å². The molecule has 2 N–H and O–H groups in total. The Hall–Kier alpha value is -1.85. The first-order valence-electron chi connectivity index (χ1n) is 5.57. The van der Waals surface area contributed by atoms with Gasteiger partial charge in [0.25, 0.3) is 0 Å². The third kappa shape index (κ3) is 4.26. The number of carbonyl (C=O) groups is 1. The lowest BCUT2D eigenvalue weighted by atomic mass is 10.3. The molecule has 0 spiro atoms. The average molecular weight is 238 g/mol. The highest BCUT2D eigenvalue weighted by molar-refractivity contribution is 5.78. The van der Waals surface area contributed by atoms with Crippen molar-refractivity contribution in [2.75, 3.05) is 24.3 Å². The molecule has 1 atom stereocenters. The van der Waals surface area contributed by atoms with Crippen molar-refractivity contribution in [3.05, 3.63) is 12.4 Å². The Bertz CT molecular complexity index is 370. The van der Waals surface area contributed by atoms with Gasteiger partial charge in [0.2, 0.25) is 0 Å². The number of nitrogens with zero attached hydrogens (tertiary/aromatic N) is 2. The summed E-state index contributed by atoms with van der Waals surface area (Å²) >= 11 is 0. The highest BCUT2D eigenvalue weighted by Gasteiger charge is 2.13. The van der Waals surface area contributed by atoms with Crippen LogP contribution in [0, 0.1) is 0 Å². The minimum atomic E-state index is -0.448. The Kier molecular flexibility index (Phi) is 5.19. The molecule has 6 heteroatoms. The van der Waals surface area contributed by atoms with Crippen molar-refractivity contribution in [2.24, 2.45) is 0 Å². The molecular weight excluding hydrogens is 220 g/mol. The maximum atomic E-state index is 11.2. The highest BCUT2D eigenvalue weighted by atomic mass is 16.5. The number of anilines is 2. The normalized spacial score (nSPS) is 11.7. The molecule has 0 fully saturated rings. The number of methoxy groups -OCH3 is 1. The summed E-state index contributed by atoms with van der Waals surface area (Å²) in [4.78, 5) is 19.5. The van der Waals surface area contributed by atoms with Gasteiger partial charge in [-0.2, -0.15) is 0 Å². The molecule has 0 saturated heterocycles. The van der Waals surface area contributed by atoms with Gasteiger partial charge >= 0.3 is 5.97 Å². The Labute approximate surface area is 101 Å². The number of hydrogen-bond acceptors (Lipinski definition) is 6. The van der Waals surface area contributed by atoms with E-state index in [1.165, 1.54) is 7.11 Å². The van der Waals surface area contributed by atoms with Gasteiger partial charge in [-0.05, 0) is 13.3 Å². The fourth-order valence-electron chi connectivity index (χ4n) is 1.23. The van der Waals surface area contributed by atoms with Crippen LogP contribution in [0.25, 0.3) is 0 Å². The maximum Gasteiger partial charge on any atom is 0.328 e. The number of hydrogen-bond donors (Lipinski definition) is 2. The van der Waals surface area contributed by atoms with E-state index >= 15 is 0 Å². The average Bonchev–Trinajstić information content (AvgIpc) is 2.35. The number of carbonyl (C=O) groups excluding carboxylic acids is 1. The molecule has 1 unspecified atom stereocenters. The fraction of sp³-hybridized carbons (Fsp3) is 0.545. The molecule has 0 radical (unpaired) electrons. The highest BCUT2D eigenvalue weighted by Crippen LogP contribution is 2.08. The molecular formula is C11H18N4O2. The molecule has 0 aliphatic carbocycles.